The Kier molecular flexibility index (Phi) is 24.2. The summed E-state index contributed by atoms with van der Waals surface area (Å²) in [5.41, 5.74) is 8.04. The van der Waals surface area contributed by atoms with Crippen molar-refractivity contribution in [2.24, 2.45) is 29.3 Å². The highest BCUT2D eigenvalue weighted by Gasteiger charge is 2.51. The molecule has 374 valence electrons. The Morgan fingerprint density at radius 3 is 2.00 bits per heavy atom. The zero-order valence-electron chi connectivity index (χ0n) is 38.4. The molecule has 0 radical (unpaired) electrons. The number of hydrazine groups is 1. The second kappa shape index (κ2) is 28.1. The van der Waals surface area contributed by atoms with Crippen molar-refractivity contribution in [1.29, 1.82) is 0 Å². The molecule has 19 nitrogen and oxygen atoms in total. The van der Waals surface area contributed by atoms with Crippen LogP contribution in [0.25, 0.3) is 0 Å². The van der Waals surface area contributed by atoms with Gasteiger partial charge in [0.1, 0.15) is 18.0 Å². The number of ketones is 1. The van der Waals surface area contributed by atoms with Gasteiger partial charge in [-0.2, -0.15) is 0 Å². The summed E-state index contributed by atoms with van der Waals surface area (Å²) >= 11 is 0. The van der Waals surface area contributed by atoms with E-state index in [1.165, 1.54) is 0 Å². The molecule has 2 saturated heterocycles. The molecule has 66 heavy (non-hydrogen) atoms. The minimum absolute atomic E-state index is 0.186. The van der Waals surface area contributed by atoms with Gasteiger partial charge >= 0.3 is 5.97 Å². The van der Waals surface area contributed by atoms with Gasteiger partial charge < -0.3 is 70.6 Å². The second-order valence-electron chi connectivity index (χ2n) is 17.8. The first kappa shape index (κ1) is 56.8. The third-order valence-corrected chi connectivity index (χ3v) is 12.2. The molecule has 0 aromatic carbocycles. The molecule has 2 bridgehead atoms. The Labute approximate surface area is 387 Å². The number of Topliss-reactive ketones (excluding diaryl/α,β-unsaturated/α-hetero) is 1. The molecule has 0 spiro atoms. The van der Waals surface area contributed by atoms with E-state index >= 15 is 0 Å². The van der Waals surface area contributed by atoms with Crippen LogP contribution in [0, 0.1) is 17.8 Å². The van der Waals surface area contributed by atoms with E-state index in [1.54, 1.807) is 57.2 Å². The van der Waals surface area contributed by atoms with Gasteiger partial charge in [0, 0.05) is 43.9 Å². The Morgan fingerprint density at radius 1 is 0.727 bits per heavy atom. The maximum atomic E-state index is 13.0. The molecule has 2 fully saturated rings. The average Bonchev–Trinajstić information content (AvgIpc) is 3.24. The summed E-state index contributed by atoms with van der Waals surface area (Å²) < 4.78 is 23.3. The van der Waals surface area contributed by atoms with Crippen LogP contribution in [-0.4, -0.2) is 155 Å². The molecule has 3 aliphatic heterocycles. The molecular formula is C47H75N3O16. The molecule has 0 unspecified atom stereocenters. The molecule has 19 heteroatoms. The number of allylic oxidation sites excluding steroid dienone is 10. The number of carbonyl (C=O) groups excluding carboxylic acids is 3. The number of rotatable bonds is 3. The Bertz CT molecular complexity index is 1690. The zero-order chi connectivity index (χ0) is 49.1. The molecule has 0 aromatic heterocycles. The number of aliphatic hydroxyl groups excluding tert-OH is 8. The number of amides is 1. The van der Waals surface area contributed by atoms with Crippen LogP contribution in [0.15, 0.2) is 72.9 Å². The lowest BCUT2D eigenvalue weighted by Crippen LogP contribution is -2.62. The van der Waals surface area contributed by atoms with E-state index in [2.05, 4.69) is 0 Å². The molecule has 18 atom stereocenters. The van der Waals surface area contributed by atoms with E-state index in [4.69, 9.17) is 30.5 Å². The number of hydrogen-bond acceptors (Lipinski definition) is 18. The van der Waals surface area contributed by atoms with Gasteiger partial charge in [-0.05, 0) is 39.5 Å². The van der Waals surface area contributed by atoms with Crippen molar-refractivity contribution in [3.63, 3.8) is 0 Å². The first-order valence-corrected chi connectivity index (χ1v) is 22.8. The van der Waals surface area contributed by atoms with Gasteiger partial charge in [0.05, 0.1) is 79.4 Å². The van der Waals surface area contributed by atoms with Crippen LogP contribution in [0.2, 0.25) is 0 Å². The van der Waals surface area contributed by atoms with Crippen molar-refractivity contribution >= 4 is 17.7 Å². The number of ether oxygens (including phenoxy) is 4. The number of nitrogens with one attached hydrogen (secondary N) is 1. The molecule has 0 aromatic rings. The quantitative estimate of drug-likeness (QED) is 0.0585. The van der Waals surface area contributed by atoms with E-state index in [-0.39, 0.29) is 25.2 Å². The molecule has 3 aliphatic rings. The molecule has 0 aliphatic carbocycles. The van der Waals surface area contributed by atoms with Crippen LogP contribution in [0.3, 0.4) is 0 Å². The fourth-order valence-corrected chi connectivity index (χ4v) is 8.11. The number of nitrogens with two attached hydrogens (primary N) is 2. The van der Waals surface area contributed by atoms with E-state index < -0.39 is 153 Å². The monoisotopic (exact) mass is 938 g/mol. The Hall–Kier alpha value is -3.51. The van der Waals surface area contributed by atoms with E-state index in [9.17, 15) is 60.3 Å². The standard InChI is InChI=1S/C47H75N3O16/c1-27-17-15-13-11-9-7-5-6-8-10-12-14-16-18-34(65-46-44(60)41(48)43(59)30(4)64-46)24-38-40(45(61)50-49)37(56)26-47(62,66-38)25-36(55)35(54)20-19-31(51)21-32(52)22-33(53)23-39(57)63-29(3)28(2)42(27)58/h5-10,12,14-18,27-31,33-38,40-44,46,51,53-56,58-60,62H,11,13,19-26,48-49H2,1-4H3,(H,50,61)/b6-5+,9-7+,10-8+,14-12+,17-15+,18-16+/t27-,28-,29-,30+,31+,33+,34-,35+,36+,37-,38-,40+,41-,42+,43+,44-,46-,47+/m0/s1. The number of fused-ring (bicyclic) bond motifs is 2. The zero-order valence-corrected chi connectivity index (χ0v) is 38.4. The van der Waals surface area contributed by atoms with E-state index in [1.807, 2.05) is 48.8 Å². The number of cyclic esters (lactones) is 1. The molecular weight excluding hydrogens is 863 g/mol. The predicted octanol–water partition coefficient (Wildman–Crippen LogP) is 0.0492. The van der Waals surface area contributed by atoms with Crippen LogP contribution < -0.4 is 17.0 Å². The molecule has 1 amide bonds. The van der Waals surface area contributed by atoms with Gasteiger partial charge in [-0.1, -0.05) is 86.8 Å². The maximum absolute atomic E-state index is 13.0. The van der Waals surface area contributed by atoms with Crippen LogP contribution in [0.1, 0.15) is 91.9 Å². The van der Waals surface area contributed by atoms with Crippen LogP contribution in [0.4, 0.5) is 0 Å². The molecule has 3 rings (SSSR count). The molecule has 3 heterocycles. The summed E-state index contributed by atoms with van der Waals surface area (Å²) in [4.78, 5) is 38.3. The van der Waals surface area contributed by atoms with Crippen molar-refractivity contribution in [2.45, 2.75) is 183 Å². The lowest BCUT2D eigenvalue weighted by atomic mass is 9.82. The van der Waals surface area contributed by atoms with Crippen LogP contribution >= 0.6 is 0 Å². The summed E-state index contributed by atoms with van der Waals surface area (Å²) in [5, 5.41) is 97.9. The summed E-state index contributed by atoms with van der Waals surface area (Å²) in [6.07, 6.45) is 3.26. The number of carbonyl (C=O) groups is 3. The summed E-state index contributed by atoms with van der Waals surface area (Å²) in [5.74, 6) is -1.10. The summed E-state index contributed by atoms with van der Waals surface area (Å²) in [7, 11) is 0. The maximum Gasteiger partial charge on any atom is 0.308 e. The first-order valence-electron chi connectivity index (χ1n) is 22.8. The number of hydrogen-bond donors (Lipinski definition) is 12. The SMILES string of the molecule is C[C@@H]1[C@H](O)[C@@H](C)/C=C/CC/C=C/C=C/C=C/C=C/C=C/[C@H](O[C@@H]2O[C@H](C)[C@@H](O)[C@H](N)[C@@H]2O)C[C@@H]2O[C@](O)(C[C@@H](O)[C@H](O)CC[C@@H](O)CC(=O)C[C@@H](O)CC(=O)O[C@H]1C)C[C@H](O)[C@H]2C(=O)NN. The normalized spacial score (nSPS) is 43.6. The lowest BCUT2D eigenvalue weighted by molar-refractivity contribution is -0.308. The smallest absolute Gasteiger partial charge is 0.308 e. The van der Waals surface area contributed by atoms with Gasteiger partial charge in [0.15, 0.2) is 12.1 Å². The van der Waals surface area contributed by atoms with Gasteiger partial charge in [0.25, 0.3) is 0 Å². The summed E-state index contributed by atoms with van der Waals surface area (Å²) in [6.45, 7) is 6.79. The van der Waals surface area contributed by atoms with Crippen LogP contribution in [0.5, 0.6) is 0 Å². The highest BCUT2D eigenvalue weighted by atomic mass is 16.7. The van der Waals surface area contributed by atoms with Crippen molar-refractivity contribution in [3.8, 4) is 0 Å². The molecule has 14 N–H and O–H groups in total. The largest absolute Gasteiger partial charge is 0.462 e. The Balaban J connectivity index is 1.86. The minimum Gasteiger partial charge on any atom is -0.462 e. The average molecular weight is 938 g/mol. The second-order valence-corrected chi connectivity index (χ2v) is 17.8. The lowest BCUT2D eigenvalue weighted by Gasteiger charge is -2.46. The topological polar surface area (TPSA) is 334 Å². The van der Waals surface area contributed by atoms with Crippen molar-refractivity contribution in [2.75, 3.05) is 0 Å². The molecule has 0 saturated carbocycles. The fraction of sp³-hybridized carbons (Fsp3) is 0.681. The third kappa shape index (κ3) is 18.5. The predicted molar refractivity (Wildman–Crippen MR) is 241 cm³/mol. The van der Waals surface area contributed by atoms with E-state index in [0.29, 0.717) is 0 Å². The number of esters is 1. The van der Waals surface area contributed by atoms with E-state index in [0.717, 1.165) is 12.8 Å². The minimum atomic E-state index is -2.33. The Morgan fingerprint density at radius 2 is 1.33 bits per heavy atom. The number of aliphatic hydroxyl groups is 9. The van der Waals surface area contributed by atoms with Gasteiger partial charge in [-0.25, -0.2) is 5.84 Å². The highest BCUT2D eigenvalue weighted by Crippen LogP contribution is 2.38. The first-order chi connectivity index (χ1) is 31.2. The van der Waals surface area contributed by atoms with Crippen LogP contribution in [-0.2, 0) is 33.3 Å². The van der Waals surface area contributed by atoms with Crippen molar-refractivity contribution in [1.82, 2.24) is 5.43 Å². The van der Waals surface area contributed by atoms with Crippen molar-refractivity contribution in [3.05, 3.63) is 72.9 Å². The van der Waals surface area contributed by atoms with Gasteiger partial charge in [0.2, 0.25) is 5.91 Å². The fourth-order valence-electron chi connectivity index (χ4n) is 8.11. The van der Waals surface area contributed by atoms with Crippen molar-refractivity contribution < 1.29 is 79.3 Å². The van der Waals surface area contributed by atoms with Gasteiger partial charge in [-0.15, -0.1) is 0 Å². The third-order valence-electron chi connectivity index (χ3n) is 12.2. The highest BCUT2D eigenvalue weighted by molar-refractivity contribution is 5.80. The summed E-state index contributed by atoms with van der Waals surface area (Å²) in [6, 6.07) is -1.14. The van der Waals surface area contributed by atoms with Gasteiger partial charge in [-0.3, -0.25) is 19.8 Å².